The third-order valence-electron chi connectivity index (χ3n) is 4.41. The molecule has 0 spiro atoms. The minimum atomic E-state index is -0.125. The first-order chi connectivity index (χ1) is 14.6. The molecule has 0 bridgehead atoms. The van der Waals surface area contributed by atoms with Crippen molar-refractivity contribution in [1.29, 1.82) is 0 Å². The van der Waals surface area contributed by atoms with Gasteiger partial charge < -0.3 is 25.4 Å². The van der Waals surface area contributed by atoms with E-state index in [1.165, 1.54) is 5.56 Å². The molecule has 0 saturated carbocycles. The zero-order valence-corrected chi connectivity index (χ0v) is 18.2. The van der Waals surface area contributed by atoms with E-state index in [0.29, 0.717) is 37.8 Å². The van der Waals surface area contributed by atoms with Gasteiger partial charge in [0, 0.05) is 37.8 Å². The SMILES string of the molecule is CCCOc1cc(C)ccc1CNC(=NC)NCCNC(=O)c1ccc(OC)cc1. The zero-order valence-electron chi connectivity index (χ0n) is 18.2. The van der Waals surface area contributed by atoms with Crippen LogP contribution < -0.4 is 25.4 Å². The zero-order chi connectivity index (χ0) is 21.8. The van der Waals surface area contributed by atoms with Gasteiger partial charge in [-0.15, -0.1) is 0 Å². The maximum Gasteiger partial charge on any atom is 0.251 e. The van der Waals surface area contributed by atoms with Crippen molar-refractivity contribution in [2.45, 2.75) is 26.8 Å². The lowest BCUT2D eigenvalue weighted by Gasteiger charge is -2.15. The molecule has 30 heavy (non-hydrogen) atoms. The van der Waals surface area contributed by atoms with Crippen molar-refractivity contribution in [3.63, 3.8) is 0 Å². The second-order valence-corrected chi connectivity index (χ2v) is 6.80. The molecule has 0 atom stereocenters. The summed E-state index contributed by atoms with van der Waals surface area (Å²) in [6, 6.07) is 13.2. The second-order valence-electron chi connectivity index (χ2n) is 6.80. The summed E-state index contributed by atoms with van der Waals surface area (Å²) in [5.41, 5.74) is 2.84. The summed E-state index contributed by atoms with van der Waals surface area (Å²) in [7, 11) is 3.31. The Kier molecular flexibility index (Phi) is 9.51. The number of hydrogen-bond acceptors (Lipinski definition) is 4. The van der Waals surface area contributed by atoms with Crippen LogP contribution in [0.15, 0.2) is 47.5 Å². The number of hydrogen-bond donors (Lipinski definition) is 3. The Morgan fingerprint density at radius 1 is 1.03 bits per heavy atom. The number of aliphatic imine (C=N–C) groups is 1. The van der Waals surface area contributed by atoms with E-state index in [4.69, 9.17) is 9.47 Å². The Morgan fingerprint density at radius 2 is 1.77 bits per heavy atom. The fourth-order valence-electron chi connectivity index (χ4n) is 2.76. The van der Waals surface area contributed by atoms with Gasteiger partial charge in [-0.25, -0.2) is 0 Å². The largest absolute Gasteiger partial charge is 0.497 e. The normalized spacial score (nSPS) is 11.0. The van der Waals surface area contributed by atoms with Crippen molar-refractivity contribution in [2.24, 2.45) is 4.99 Å². The van der Waals surface area contributed by atoms with Crippen LogP contribution in [0.1, 0.15) is 34.8 Å². The molecule has 3 N–H and O–H groups in total. The molecule has 0 fully saturated rings. The van der Waals surface area contributed by atoms with Gasteiger partial charge in [0.2, 0.25) is 0 Å². The summed E-state index contributed by atoms with van der Waals surface area (Å²) in [6.07, 6.45) is 0.965. The van der Waals surface area contributed by atoms with Gasteiger partial charge in [0.1, 0.15) is 11.5 Å². The van der Waals surface area contributed by atoms with E-state index >= 15 is 0 Å². The predicted molar refractivity (Wildman–Crippen MR) is 120 cm³/mol. The van der Waals surface area contributed by atoms with Gasteiger partial charge in [0.25, 0.3) is 5.91 Å². The van der Waals surface area contributed by atoms with Crippen molar-refractivity contribution < 1.29 is 14.3 Å². The number of benzene rings is 2. The van der Waals surface area contributed by atoms with Crippen LogP contribution in [0.3, 0.4) is 0 Å². The molecule has 0 unspecified atom stereocenters. The average molecular weight is 413 g/mol. The minimum absolute atomic E-state index is 0.125. The van der Waals surface area contributed by atoms with Crippen molar-refractivity contribution in [3.8, 4) is 11.5 Å². The van der Waals surface area contributed by atoms with E-state index in [2.05, 4.69) is 53.0 Å². The van der Waals surface area contributed by atoms with E-state index in [0.717, 1.165) is 23.5 Å². The van der Waals surface area contributed by atoms with Crippen LogP contribution in [0.4, 0.5) is 0 Å². The summed E-state index contributed by atoms with van der Waals surface area (Å²) in [4.78, 5) is 16.4. The van der Waals surface area contributed by atoms with E-state index in [1.807, 2.05) is 0 Å². The third-order valence-corrected chi connectivity index (χ3v) is 4.41. The monoisotopic (exact) mass is 412 g/mol. The van der Waals surface area contributed by atoms with Crippen LogP contribution in [0.5, 0.6) is 11.5 Å². The standard InChI is InChI=1S/C23H32N4O3/c1-5-14-30-21-15-17(2)6-7-19(21)16-27-23(24-3)26-13-12-25-22(28)18-8-10-20(29-4)11-9-18/h6-11,15H,5,12-14,16H2,1-4H3,(H,25,28)(H2,24,26,27). The molecule has 7 nitrogen and oxygen atoms in total. The summed E-state index contributed by atoms with van der Waals surface area (Å²) in [5.74, 6) is 2.15. The molecule has 2 rings (SSSR count). The molecule has 0 heterocycles. The number of carbonyl (C=O) groups is 1. The van der Waals surface area contributed by atoms with Crippen LogP contribution in [0.25, 0.3) is 0 Å². The molecule has 7 heteroatoms. The van der Waals surface area contributed by atoms with E-state index in [-0.39, 0.29) is 5.91 Å². The molecule has 0 radical (unpaired) electrons. The number of methoxy groups -OCH3 is 1. The maximum atomic E-state index is 12.2. The number of amides is 1. The van der Waals surface area contributed by atoms with Gasteiger partial charge in [-0.1, -0.05) is 19.1 Å². The van der Waals surface area contributed by atoms with Crippen molar-refractivity contribution in [3.05, 3.63) is 59.2 Å². The molecule has 162 valence electrons. The number of nitrogens with one attached hydrogen (secondary N) is 3. The van der Waals surface area contributed by atoms with Gasteiger partial charge in [0.15, 0.2) is 5.96 Å². The van der Waals surface area contributed by atoms with Gasteiger partial charge in [-0.05, 0) is 49.2 Å². The summed E-state index contributed by atoms with van der Waals surface area (Å²) in [5, 5.41) is 9.37. The fraction of sp³-hybridized carbons (Fsp3) is 0.391. The number of aryl methyl sites for hydroxylation is 1. The van der Waals surface area contributed by atoms with Crippen LogP contribution >= 0.6 is 0 Å². The topological polar surface area (TPSA) is 84.0 Å². The minimum Gasteiger partial charge on any atom is -0.497 e. The number of rotatable bonds is 10. The highest BCUT2D eigenvalue weighted by atomic mass is 16.5. The summed E-state index contributed by atoms with van der Waals surface area (Å²) >= 11 is 0. The molecule has 2 aromatic carbocycles. The van der Waals surface area contributed by atoms with Gasteiger partial charge >= 0.3 is 0 Å². The Morgan fingerprint density at radius 3 is 2.43 bits per heavy atom. The lowest BCUT2D eigenvalue weighted by Crippen LogP contribution is -2.41. The fourth-order valence-corrected chi connectivity index (χ4v) is 2.76. The molecular formula is C23H32N4O3. The lowest BCUT2D eigenvalue weighted by atomic mass is 10.1. The maximum absolute atomic E-state index is 12.2. The number of nitrogens with zero attached hydrogens (tertiary/aromatic N) is 1. The van der Waals surface area contributed by atoms with Crippen molar-refractivity contribution >= 4 is 11.9 Å². The molecule has 0 aliphatic heterocycles. The number of guanidine groups is 1. The van der Waals surface area contributed by atoms with Gasteiger partial charge in [-0.3, -0.25) is 9.79 Å². The Hall–Kier alpha value is -3.22. The summed E-state index contributed by atoms with van der Waals surface area (Å²) in [6.45, 7) is 6.45. The first-order valence-corrected chi connectivity index (χ1v) is 10.2. The first kappa shape index (κ1) is 23.1. The number of ether oxygens (including phenoxy) is 2. The first-order valence-electron chi connectivity index (χ1n) is 10.2. The quantitative estimate of drug-likeness (QED) is 0.317. The highest BCUT2D eigenvalue weighted by Crippen LogP contribution is 2.20. The Balaban J connectivity index is 1.78. The van der Waals surface area contributed by atoms with E-state index in [1.54, 1.807) is 38.4 Å². The van der Waals surface area contributed by atoms with Crippen molar-refractivity contribution in [2.75, 3.05) is 33.9 Å². The molecule has 0 aliphatic carbocycles. The van der Waals surface area contributed by atoms with Crippen LogP contribution in [0.2, 0.25) is 0 Å². The molecule has 1 amide bonds. The lowest BCUT2D eigenvalue weighted by molar-refractivity contribution is 0.0954. The molecule has 0 aromatic heterocycles. The van der Waals surface area contributed by atoms with E-state index in [9.17, 15) is 4.79 Å². The molecular weight excluding hydrogens is 380 g/mol. The highest BCUT2D eigenvalue weighted by molar-refractivity contribution is 5.94. The molecule has 0 saturated heterocycles. The Bertz CT molecular complexity index is 835. The van der Waals surface area contributed by atoms with Crippen LogP contribution in [-0.4, -0.2) is 45.7 Å². The molecule has 0 aliphatic rings. The van der Waals surface area contributed by atoms with Gasteiger partial charge in [0.05, 0.1) is 13.7 Å². The summed E-state index contributed by atoms with van der Waals surface area (Å²) < 4.78 is 11.0. The number of carbonyl (C=O) groups excluding carboxylic acids is 1. The van der Waals surface area contributed by atoms with Crippen molar-refractivity contribution in [1.82, 2.24) is 16.0 Å². The Labute approximate surface area is 178 Å². The van der Waals surface area contributed by atoms with Crippen LogP contribution in [0, 0.1) is 6.92 Å². The smallest absolute Gasteiger partial charge is 0.251 e. The molecule has 2 aromatic rings. The highest BCUT2D eigenvalue weighted by Gasteiger charge is 2.07. The van der Waals surface area contributed by atoms with Gasteiger partial charge in [-0.2, -0.15) is 0 Å². The second kappa shape index (κ2) is 12.4. The average Bonchev–Trinajstić information content (AvgIpc) is 2.77. The van der Waals surface area contributed by atoms with Crippen LogP contribution in [-0.2, 0) is 6.54 Å². The predicted octanol–water partition coefficient (Wildman–Crippen LogP) is 2.89. The third kappa shape index (κ3) is 7.31. The van der Waals surface area contributed by atoms with E-state index < -0.39 is 0 Å².